The molecule has 1 saturated heterocycles. The van der Waals surface area contributed by atoms with Crippen molar-refractivity contribution >= 4 is 17.5 Å². The van der Waals surface area contributed by atoms with Crippen molar-refractivity contribution in [3.8, 4) is 0 Å². The summed E-state index contributed by atoms with van der Waals surface area (Å²) in [5.41, 5.74) is -0.476. The molecule has 1 aromatic rings. The van der Waals surface area contributed by atoms with Crippen LogP contribution in [0.4, 0.5) is 18.9 Å². The predicted molar refractivity (Wildman–Crippen MR) is 68.9 cm³/mol. The van der Waals surface area contributed by atoms with E-state index >= 15 is 0 Å². The molecule has 5 nitrogen and oxygen atoms in total. The van der Waals surface area contributed by atoms with Gasteiger partial charge in [-0.15, -0.1) is 0 Å². The first kappa shape index (κ1) is 15.3. The van der Waals surface area contributed by atoms with Gasteiger partial charge in [0.15, 0.2) is 17.5 Å². The van der Waals surface area contributed by atoms with Gasteiger partial charge in [-0.25, -0.2) is 13.2 Å². The van der Waals surface area contributed by atoms with Crippen molar-refractivity contribution in [1.82, 2.24) is 10.6 Å². The van der Waals surface area contributed by atoms with Crippen molar-refractivity contribution in [2.24, 2.45) is 5.92 Å². The van der Waals surface area contributed by atoms with Crippen LogP contribution in [0.3, 0.4) is 0 Å². The van der Waals surface area contributed by atoms with Crippen molar-refractivity contribution in [2.75, 3.05) is 25.0 Å². The van der Waals surface area contributed by atoms with Gasteiger partial charge < -0.3 is 16.0 Å². The fraction of sp³-hybridized carbons (Fsp3) is 0.385. The van der Waals surface area contributed by atoms with E-state index in [1.165, 1.54) is 0 Å². The Bertz CT molecular complexity index is 560. The van der Waals surface area contributed by atoms with Gasteiger partial charge in [0.2, 0.25) is 11.8 Å². The quantitative estimate of drug-likeness (QED) is 0.719. The lowest BCUT2D eigenvalue weighted by Gasteiger charge is -2.11. The van der Waals surface area contributed by atoms with E-state index in [4.69, 9.17) is 0 Å². The zero-order valence-electron chi connectivity index (χ0n) is 11.0. The first-order chi connectivity index (χ1) is 9.99. The summed E-state index contributed by atoms with van der Waals surface area (Å²) in [5, 5.41) is 7.49. The van der Waals surface area contributed by atoms with Gasteiger partial charge in [0.1, 0.15) is 0 Å². The molecule has 0 radical (unpaired) electrons. The smallest absolute Gasteiger partial charge is 0.243 e. The molecule has 114 valence electrons. The van der Waals surface area contributed by atoms with Crippen LogP contribution < -0.4 is 16.0 Å². The monoisotopic (exact) mass is 301 g/mol. The van der Waals surface area contributed by atoms with Crippen molar-refractivity contribution in [3.05, 3.63) is 29.6 Å². The number of hydrogen-bond acceptors (Lipinski definition) is 3. The maximum atomic E-state index is 13.3. The topological polar surface area (TPSA) is 70.2 Å². The maximum Gasteiger partial charge on any atom is 0.243 e. The Labute approximate surface area is 118 Å². The highest BCUT2D eigenvalue weighted by Gasteiger charge is 2.22. The van der Waals surface area contributed by atoms with E-state index in [1.807, 2.05) is 0 Å². The molecular weight excluding hydrogens is 287 g/mol. The predicted octanol–water partition coefficient (Wildman–Crippen LogP) is 0.768. The molecule has 21 heavy (non-hydrogen) atoms. The minimum Gasteiger partial charge on any atom is -0.347 e. The van der Waals surface area contributed by atoms with Crippen LogP contribution in [0.5, 0.6) is 0 Å². The van der Waals surface area contributed by atoms with Crippen LogP contribution >= 0.6 is 0 Å². The SMILES string of the molecule is O=C(CNC(=O)C1CCNC1)Nc1ccc(F)c(F)c1F. The Kier molecular flexibility index (Phi) is 4.79. The van der Waals surface area contributed by atoms with Crippen LogP contribution in [0.15, 0.2) is 12.1 Å². The van der Waals surface area contributed by atoms with Crippen LogP contribution in [0, 0.1) is 23.4 Å². The Morgan fingerprint density at radius 2 is 2.00 bits per heavy atom. The number of anilines is 1. The normalized spacial score (nSPS) is 17.6. The first-order valence-corrected chi connectivity index (χ1v) is 6.41. The molecular formula is C13H14F3N3O2. The summed E-state index contributed by atoms with van der Waals surface area (Å²) >= 11 is 0. The number of carbonyl (C=O) groups excluding carboxylic acids is 2. The number of rotatable bonds is 4. The number of carbonyl (C=O) groups is 2. The van der Waals surface area contributed by atoms with Gasteiger partial charge in [-0.05, 0) is 25.1 Å². The molecule has 1 aliphatic heterocycles. The Balaban J connectivity index is 1.87. The minimum absolute atomic E-state index is 0.196. The largest absolute Gasteiger partial charge is 0.347 e. The van der Waals surface area contributed by atoms with Crippen molar-refractivity contribution in [3.63, 3.8) is 0 Å². The molecule has 1 unspecified atom stereocenters. The van der Waals surface area contributed by atoms with Gasteiger partial charge in [-0.3, -0.25) is 9.59 Å². The fourth-order valence-corrected chi connectivity index (χ4v) is 2.01. The number of benzene rings is 1. The van der Waals surface area contributed by atoms with Crippen molar-refractivity contribution in [1.29, 1.82) is 0 Å². The van der Waals surface area contributed by atoms with Gasteiger partial charge >= 0.3 is 0 Å². The minimum atomic E-state index is -1.66. The Morgan fingerprint density at radius 3 is 2.67 bits per heavy atom. The average Bonchev–Trinajstić information content (AvgIpc) is 3.00. The van der Waals surface area contributed by atoms with Gasteiger partial charge in [0.25, 0.3) is 0 Å². The fourth-order valence-electron chi connectivity index (χ4n) is 2.01. The highest BCUT2D eigenvalue weighted by Crippen LogP contribution is 2.19. The van der Waals surface area contributed by atoms with E-state index in [2.05, 4.69) is 16.0 Å². The molecule has 1 aromatic carbocycles. The number of nitrogens with one attached hydrogen (secondary N) is 3. The summed E-state index contributed by atoms with van der Waals surface area (Å²) in [6.07, 6.45) is 0.686. The first-order valence-electron chi connectivity index (χ1n) is 6.41. The second-order valence-electron chi connectivity index (χ2n) is 4.68. The molecule has 0 aromatic heterocycles. The molecule has 1 heterocycles. The van der Waals surface area contributed by atoms with E-state index in [9.17, 15) is 22.8 Å². The van der Waals surface area contributed by atoms with Crippen LogP contribution in [0.1, 0.15) is 6.42 Å². The second-order valence-corrected chi connectivity index (χ2v) is 4.68. The zero-order chi connectivity index (χ0) is 15.4. The summed E-state index contributed by atoms with van der Waals surface area (Å²) in [6, 6.07) is 1.62. The summed E-state index contributed by atoms with van der Waals surface area (Å²) in [4.78, 5) is 23.2. The summed E-state index contributed by atoms with van der Waals surface area (Å²) < 4.78 is 39.1. The molecule has 3 N–H and O–H groups in total. The third-order valence-corrected chi connectivity index (χ3v) is 3.16. The van der Waals surface area contributed by atoms with Crippen LogP contribution in [-0.4, -0.2) is 31.4 Å². The lowest BCUT2D eigenvalue weighted by Crippen LogP contribution is -2.37. The molecule has 2 rings (SSSR count). The van der Waals surface area contributed by atoms with Gasteiger partial charge in [0.05, 0.1) is 18.2 Å². The standard InChI is InChI=1S/C13H14F3N3O2/c14-8-1-2-9(12(16)11(8)15)19-10(20)6-18-13(21)7-3-4-17-5-7/h1-2,7,17H,3-6H2,(H,18,21)(H,19,20). The maximum absolute atomic E-state index is 13.3. The van der Waals surface area contributed by atoms with Gasteiger partial charge in [-0.2, -0.15) is 0 Å². The van der Waals surface area contributed by atoms with Crippen molar-refractivity contribution in [2.45, 2.75) is 6.42 Å². The highest BCUT2D eigenvalue weighted by molar-refractivity contribution is 5.94. The van der Waals surface area contributed by atoms with E-state index < -0.39 is 29.0 Å². The molecule has 1 fully saturated rings. The second kappa shape index (κ2) is 6.57. The molecule has 0 bridgehead atoms. The summed E-state index contributed by atoms with van der Waals surface area (Å²) in [7, 11) is 0. The Morgan fingerprint density at radius 1 is 1.24 bits per heavy atom. The number of halogens is 3. The third-order valence-electron chi connectivity index (χ3n) is 3.16. The molecule has 0 aliphatic carbocycles. The van der Waals surface area contributed by atoms with E-state index in [0.717, 1.165) is 12.6 Å². The average molecular weight is 301 g/mol. The zero-order valence-corrected chi connectivity index (χ0v) is 11.0. The van der Waals surface area contributed by atoms with E-state index in [-0.39, 0.29) is 18.4 Å². The number of amides is 2. The van der Waals surface area contributed by atoms with Gasteiger partial charge in [-0.1, -0.05) is 0 Å². The lowest BCUT2D eigenvalue weighted by atomic mass is 10.1. The molecule has 0 saturated carbocycles. The molecule has 1 aliphatic rings. The van der Waals surface area contributed by atoms with Gasteiger partial charge in [0, 0.05) is 6.54 Å². The Hall–Kier alpha value is -2.09. The molecule has 1 atom stereocenters. The number of hydrogen-bond donors (Lipinski definition) is 3. The molecule has 2 amide bonds. The lowest BCUT2D eigenvalue weighted by molar-refractivity contribution is -0.126. The van der Waals surface area contributed by atoms with E-state index in [1.54, 1.807) is 0 Å². The third kappa shape index (κ3) is 3.72. The van der Waals surface area contributed by atoms with Crippen molar-refractivity contribution < 1.29 is 22.8 Å². The molecule has 8 heteroatoms. The van der Waals surface area contributed by atoms with Crippen LogP contribution in [-0.2, 0) is 9.59 Å². The summed E-state index contributed by atoms with van der Waals surface area (Å²) in [5.74, 6) is -5.67. The van der Waals surface area contributed by atoms with E-state index in [0.29, 0.717) is 19.0 Å². The molecule has 0 spiro atoms. The summed E-state index contributed by atoms with van der Waals surface area (Å²) in [6.45, 7) is 0.920. The van der Waals surface area contributed by atoms with Crippen LogP contribution in [0.25, 0.3) is 0 Å². The van der Waals surface area contributed by atoms with Crippen LogP contribution in [0.2, 0.25) is 0 Å². The highest BCUT2D eigenvalue weighted by atomic mass is 19.2.